The molecule has 0 fully saturated rings. The number of methoxy groups -OCH3 is 2. The second-order valence-corrected chi connectivity index (χ2v) is 7.87. The smallest absolute Gasteiger partial charge is 0.265 e. The number of carbonyl (C=O) groups excluding carboxylic acids is 2. The van der Waals surface area contributed by atoms with Gasteiger partial charge in [-0.15, -0.1) is 11.8 Å². The van der Waals surface area contributed by atoms with Gasteiger partial charge < -0.3 is 24.8 Å². The van der Waals surface area contributed by atoms with E-state index in [0.29, 0.717) is 41.5 Å². The molecule has 2 aromatic carbocycles. The van der Waals surface area contributed by atoms with E-state index in [-0.39, 0.29) is 11.8 Å². The first-order chi connectivity index (χ1) is 15.0. The number of rotatable bonds is 8. The molecule has 3 rings (SSSR count). The molecular formula is C23H26N2O5S. The number of hydrogen-bond donors (Lipinski definition) is 2. The van der Waals surface area contributed by atoms with Gasteiger partial charge in [-0.3, -0.25) is 9.59 Å². The van der Waals surface area contributed by atoms with E-state index in [1.807, 2.05) is 18.2 Å². The summed E-state index contributed by atoms with van der Waals surface area (Å²) in [5, 5.41) is 5.75. The summed E-state index contributed by atoms with van der Waals surface area (Å²) < 4.78 is 16.1. The minimum atomic E-state index is -0.274. The Bertz CT molecular complexity index is 990. The number of allylic oxidation sites excluding steroid dienone is 1. The summed E-state index contributed by atoms with van der Waals surface area (Å²) in [6.07, 6.45) is 0.570. The third-order valence-electron chi connectivity index (χ3n) is 4.76. The van der Waals surface area contributed by atoms with E-state index in [0.717, 1.165) is 22.8 Å². The van der Waals surface area contributed by atoms with Crippen LogP contribution in [-0.2, 0) is 16.0 Å². The highest BCUT2D eigenvalue weighted by Crippen LogP contribution is 2.27. The van der Waals surface area contributed by atoms with E-state index >= 15 is 0 Å². The van der Waals surface area contributed by atoms with Crippen LogP contribution in [0.25, 0.3) is 0 Å². The van der Waals surface area contributed by atoms with Crippen molar-refractivity contribution < 1.29 is 23.8 Å². The Balaban J connectivity index is 1.66. The van der Waals surface area contributed by atoms with E-state index < -0.39 is 0 Å². The number of anilines is 1. The Morgan fingerprint density at radius 1 is 1.10 bits per heavy atom. The Morgan fingerprint density at radius 3 is 2.65 bits per heavy atom. The standard InChI is InChI=1S/C23H26N2O5S/c1-15-21(31-13-12-30-15)23(27)25-19-7-5-4-6-18(19)22(26)24-11-10-16-14-17(28-2)8-9-20(16)29-3/h4-9,14H,10-13H2,1-3H3,(H,24,26)(H,25,27). The fourth-order valence-electron chi connectivity index (χ4n) is 3.18. The summed E-state index contributed by atoms with van der Waals surface area (Å²) in [6, 6.07) is 12.5. The first kappa shape index (κ1) is 22.6. The zero-order valence-electron chi connectivity index (χ0n) is 17.8. The van der Waals surface area contributed by atoms with Gasteiger partial charge >= 0.3 is 0 Å². The minimum absolute atomic E-state index is 0.268. The number of carbonyl (C=O) groups is 2. The molecule has 31 heavy (non-hydrogen) atoms. The summed E-state index contributed by atoms with van der Waals surface area (Å²) in [6.45, 7) is 2.76. The third kappa shape index (κ3) is 5.73. The van der Waals surface area contributed by atoms with Gasteiger partial charge in [0.05, 0.1) is 32.1 Å². The highest BCUT2D eigenvalue weighted by Gasteiger charge is 2.21. The third-order valence-corrected chi connectivity index (χ3v) is 5.89. The number of thioether (sulfide) groups is 1. The van der Waals surface area contributed by atoms with E-state index in [9.17, 15) is 9.59 Å². The molecule has 8 heteroatoms. The average Bonchev–Trinajstić information content (AvgIpc) is 2.79. The van der Waals surface area contributed by atoms with Gasteiger partial charge in [-0.05, 0) is 49.2 Å². The van der Waals surface area contributed by atoms with Crippen molar-refractivity contribution in [2.24, 2.45) is 0 Å². The topological polar surface area (TPSA) is 85.9 Å². The maximum atomic E-state index is 12.8. The van der Waals surface area contributed by atoms with Crippen molar-refractivity contribution in [2.75, 3.05) is 38.4 Å². The molecule has 0 atom stereocenters. The van der Waals surface area contributed by atoms with Crippen molar-refractivity contribution in [3.05, 3.63) is 64.3 Å². The Hall–Kier alpha value is -3.13. The van der Waals surface area contributed by atoms with Crippen LogP contribution in [0.1, 0.15) is 22.8 Å². The fraction of sp³-hybridized carbons (Fsp3) is 0.304. The lowest BCUT2D eigenvalue weighted by Gasteiger charge is -2.18. The largest absolute Gasteiger partial charge is 0.497 e. The maximum absolute atomic E-state index is 12.8. The van der Waals surface area contributed by atoms with Gasteiger partial charge in [0.2, 0.25) is 0 Å². The Kier molecular flexibility index (Phi) is 7.83. The van der Waals surface area contributed by atoms with Crippen LogP contribution < -0.4 is 20.1 Å². The average molecular weight is 443 g/mol. The summed E-state index contributed by atoms with van der Waals surface area (Å²) in [5.41, 5.74) is 1.78. The first-order valence-electron chi connectivity index (χ1n) is 9.89. The molecule has 0 aromatic heterocycles. The number of ether oxygens (including phenoxy) is 3. The lowest BCUT2D eigenvalue weighted by molar-refractivity contribution is -0.112. The fourth-order valence-corrected chi connectivity index (χ4v) is 4.00. The van der Waals surface area contributed by atoms with Gasteiger partial charge in [-0.1, -0.05) is 12.1 Å². The number of para-hydroxylation sites is 1. The number of benzene rings is 2. The molecule has 0 aliphatic carbocycles. The van der Waals surface area contributed by atoms with Gasteiger partial charge in [0, 0.05) is 12.3 Å². The van der Waals surface area contributed by atoms with Crippen molar-refractivity contribution in [2.45, 2.75) is 13.3 Å². The molecule has 0 bridgehead atoms. The van der Waals surface area contributed by atoms with Crippen LogP contribution in [0.2, 0.25) is 0 Å². The van der Waals surface area contributed by atoms with Gasteiger partial charge in [0.1, 0.15) is 22.2 Å². The quantitative estimate of drug-likeness (QED) is 0.650. The van der Waals surface area contributed by atoms with E-state index in [1.54, 1.807) is 45.4 Å². The molecule has 7 nitrogen and oxygen atoms in total. The molecule has 1 aliphatic heterocycles. The molecule has 0 unspecified atom stereocenters. The van der Waals surface area contributed by atoms with Crippen LogP contribution in [-0.4, -0.2) is 44.9 Å². The lowest BCUT2D eigenvalue weighted by atomic mass is 10.1. The normalized spacial score (nSPS) is 13.3. The van der Waals surface area contributed by atoms with Crippen LogP contribution in [0.5, 0.6) is 11.5 Å². The second kappa shape index (κ2) is 10.8. The molecule has 1 aliphatic rings. The lowest BCUT2D eigenvalue weighted by Crippen LogP contribution is -2.27. The number of hydrogen-bond acceptors (Lipinski definition) is 6. The van der Waals surface area contributed by atoms with Gasteiger partial charge in [-0.2, -0.15) is 0 Å². The van der Waals surface area contributed by atoms with Gasteiger partial charge in [0.15, 0.2) is 0 Å². The van der Waals surface area contributed by atoms with Crippen LogP contribution in [0.15, 0.2) is 53.1 Å². The van der Waals surface area contributed by atoms with Crippen molar-refractivity contribution in [1.82, 2.24) is 5.32 Å². The predicted molar refractivity (Wildman–Crippen MR) is 122 cm³/mol. The van der Waals surface area contributed by atoms with E-state index in [2.05, 4.69) is 10.6 Å². The van der Waals surface area contributed by atoms with Crippen molar-refractivity contribution in [1.29, 1.82) is 0 Å². The molecule has 2 amide bonds. The minimum Gasteiger partial charge on any atom is -0.497 e. The van der Waals surface area contributed by atoms with Crippen LogP contribution in [0.3, 0.4) is 0 Å². The predicted octanol–water partition coefficient (Wildman–Crippen LogP) is 3.61. The zero-order chi connectivity index (χ0) is 22.2. The van der Waals surface area contributed by atoms with Crippen LogP contribution in [0.4, 0.5) is 5.69 Å². The second-order valence-electron chi connectivity index (χ2n) is 6.77. The molecule has 0 saturated heterocycles. The highest BCUT2D eigenvalue weighted by molar-refractivity contribution is 8.04. The SMILES string of the molecule is COc1ccc(OC)c(CCNC(=O)c2ccccc2NC(=O)C2=C(C)OCCS2)c1. The molecule has 0 spiro atoms. The van der Waals surface area contributed by atoms with Crippen LogP contribution in [0, 0.1) is 0 Å². The summed E-state index contributed by atoms with van der Waals surface area (Å²) >= 11 is 1.45. The Labute approximate surface area is 186 Å². The molecule has 2 N–H and O–H groups in total. The summed E-state index contributed by atoms with van der Waals surface area (Å²) in [5.74, 6) is 2.24. The van der Waals surface area contributed by atoms with Gasteiger partial charge in [0.25, 0.3) is 11.8 Å². The highest BCUT2D eigenvalue weighted by atomic mass is 32.2. The van der Waals surface area contributed by atoms with E-state index in [1.165, 1.54) is 11.8 Å². The molecule has 1 heterocycles. The molecule has 2 aromatic rings. The molecular weight excluding hydrogens is 416 g/mol. The summed E-state index contributed by atoms with van der Waals surface area (Å²) in [4.78, 5) is 26.0. The molecule has 0 radical (unpaired) electrons. The zero-order valence-corrected chi connectivity index (χ0v) is 18.6. The van der Waals surface area contributed by atoms with E-state index in [4.69, 9.17) is 14.2 Å². The van der Waals surface area contributed by atoms with Crippen molar-refractivity contribution in [3.8, 4) is 11.5 Å². The number of amides is 2. The molecule has 0 saturated carbocycles. The van der Waals surface area contributed by atoms with Crippen molar-refractivity contribution >= 4 is 29.3 Å². The summed E-state index contributed by atoms with van der Waals surface area (Å²) in [7, 11) is 3.21. The Morgan fingerprint density at radius 2 is 1.90 bits per heavy atom. The maximum Gasteiger partial charge on any atom is 0.265 e. The molecule has 164 valence electrons. The van der Waals surface area contributed by atoms with Gasteiger partial charge in [-0.25, -0.2) is 0 Å². The monoisotopic (exact) mass is 442 g/mol. The van der Waals surface area contributed by atoms with Crippen LogP contribution >= 0.6 is 11.8 Å². The van der Waals surface area contributed by atoms with Crippen molar-refractivity contribution in [3.63, 3.8) is 0 Å². The number of nitrogens with one attached hydrogen (secondary N) is 2. The first-order valence-corrected chi connectivity index (χ1v) is 10.9.